The largest absolute Gasteiger partial charge is 0.467 e. The van der Waals surface area contributed by atoms with E-state index in [0.29, 0.717) is 11.1 Å². The molecule has 2 aromatic carbocycles. The lowest BCUT2D eigenvalue weighted by molar-refractivity contribution is -0.146. The maximum atomic E-state index is 12.6. The Kier molecular flexibility index (Phi) is 6.96. The van der Waals surface area contributed by atoms with Crippen LogP contribution in [0.15, 0.2) is 48.5 Å². The predicted octanol–water partition coefficient (Wildman–Crippen LogP) is 2.51. The maximum Gasteiger partial charge on any atom is 0.416 e. The Morgan fingerprint density at radius 3 is 2.21 bits per heavy atom. The molecule has 0 spiro atoms. The van der Waals surface area contributed by atoms with Crippen LogP contribution in [0.4, 0.5) is 13.2 Å². The SMILES string of the molecule is COC(=O)[C@H](Cc1ccc(C#N)cc1)NC(=O)[C@@H](O)c1ccc(C(F)(F)F)cc1. The van der Waals surface area contributed by atoms with Crippen molar-refractivity contribution in [3.8, 4) is 6.07 Å². The molecule has 152 valence electrons. The van der Waals surface area contributed by atoms with Crippen molar-refractivity contribution in [2.24, 2.45) is 0 Å². The minimum absolute atomic E-state index is 0.0316. The average molecular weight is 406 g/mol. The van der Waals surface area contributed by atoms with Crippen molar-refractivity contribution in [1.82, 2.24) is 5.32 Å². The molecule has 0 aliphatic carbocycles. The van der Waals surface area contributed by atoms with E-state index in [1.54, 1.807) is 24.3 Å². The second-order valence-corrected chi connectivity index (χ2v) is 6.12. The number of aliphatic hydroxyl groups is 1. The van der Waals surface area contributed by atoms with Gasteiger partial charge in [-0.15, -0.1) is 0 Å². The van der Waals surface area contributed by atoms with E-state index in [2.05, 4.69) is 10.1 Å². The van der Waals surface area contributed by atoms with Crippen LogP contribution in [0.1, 0.15) is 28.4 Å². The predicted molar refractivity (Wildman–Crippen MR) is 95.2 cm³/mol. The van der Waals surface area contributed by atoms with Crippen molar-refractivity contribution in [3.63, 3.8) is 0 Å². The van der Waals surface area contributed by atoms with Gasteiger partial charge in [0.2, 0.25) is 0 Å². The zero-order valence-electron chi connectivity index (χ0n) is 15.2. The number of alkyl halides is 3. The normalized spacial score (nSPS) is 13.1. The van der Waals surface area contributed by atoms with Gasteiger partial charge in [0.05, 0.1) is 24.3 Å². The molecule has 0 heterocycles. The third-order valence-electron chi connectivity index (χ3n) is 4.13. The first kappa shape index (κ1) is 21.9. The Morgan fingerprint density at radius 2 is 1.72 bits per heavy atom. The molecule has 0 aliphatic rings. The quantitative estimate of drug-likeness (QED) is 0.719. The lowest BCUT2D eigenvalue weighted by Gasteiger charge is -2.19. The summed E-state index contributed by atoms with van der Waals surface area (Å²) in [5.74, 6) is -1.73. The van der Waals surface area contributed by atoms with E-state index < -0.39 is 35.8 Å². The van der Waals surface area contributed by atoms with Gasteiger partial charge in [0, 0.05) is 6.42 Å². The van der Waals surface area contributed by atoms with Crippen LogP contribution < -0.4 is 5.32 Å². The first-order valence-corrected chi connectivity index (χ1v) is 8.38. The summed E-state index contributed by atoms with van der Waals surface area (Å²) in [6.07, 6.45) is -6.28. The van der Waals surface area contributed by atoms with Crippen molar-refractivity contribution >= 4 is 11.9 Å². The number of ether oxygens (including phenoxy) is 1. The monoisotopic (exact) mass is 406 g/mol. The topological polar surface area (TPSA) is 99.4 Å². The molecule has 0 bridgehead atoms. The van der Waals surface area contributed by atoms with E-state index >= 15 is 0 Å². The van der Waals surface area contributed by atoms with Crippen molar-refractivity contribution in [2.75, 3.05) is 7.11 Å². The first-order chi connectivity index (χ1) is 13.7. The highest BCUT2D eigenvalue weighted by molar-refractivity contribution is 5.87. The smallest absolute Gasteiger partial charge is 0.416 e. The van der Waals surface area contributed by atoms with Crippen molar-refractivity contribution in [1.29, 1.82) is 5.26 Å². The highest BCUT2D eigenvalue weighted by Crippen LogP contribution is 2.30. The molecule has 6 nitrogen and oxygen atoms in total. The third-order valence-corrected chi connectivity index (χ3v) is 4.13. The van der Waals surface area contributed by atoms with Gasteiger partial charge in [-0.25, -0.2) is 4.79 Å². The summed E-state index contributed by atoms with van der Waals surface area (Å²) in [6.45, 7) is 0. The van der Waals surface area contributed by atoms with Crippen LogP contribution in [0.5, 0.6) is 0 Å². The molecule has 1 amide bonds. The maximum absolute atomic E-state index is 12.6. The summed E-state index contributed by atoms with van der Waals surface area (Å²) in [5, 5.41) is 21.3. The minimum Gasteiger partial charge on any atom is -0.467 e. The van der Waals surface area contributed by atoms with Crippen LogP contribution >= 0.6 is 0 Å². The molecule has 2 rings (SSSR count). The number of nitriles is 1. The lowest BCUT2D eigenvalue weighted by atomic mass is 10.0. The number of aliphatic hydroxyl groups excluding tert-OH is 1. The molecule has 0 aliphatic heterocycles. The van der Waals surface area contributed by atoms with Crippen molar-refractivity contribution in [3.05, 3.63) is 70.8 Å². The van der Waals surface area contributed by atoms with Crippen LogP contribution in [0, 0.1) is 11.3 Å². The number of halogens is 3. The van der Waals surface area contributed by atoms with E-state index in [9.17, 15) is 27.9 Å². The highest BCUT2D eigenvalue weighted by atomic mass is 19.4. The fraction of sp³-hybridized carbons (Fsp3) is 0.250. The second-order valence-electron chi connectivity index (χ2n) is 6.12. The van der Waals surface area contributed by atoms with E-state index in [4.69, 9.17) is 5.26 Å². The Morgan fingerprint density at radius 1 is 1.14 bits per heavy atom. The zero-order valence-corrected chi connectivity index (χ0v) is 15.2. The number of hydrogen-bond donors (Lipinski definition) is 2. The van der Waals surface area contributed by atoms with Crippen LogP contribution in [-0.4, -0.2) is 30.1 Å². The van der Waals surface area contributed by atoms with Crippen LogP contribution in [0.25, 0.3) is 0 Å². The Labute approximate surface area is 164 Å². The fourth-order valence-electron chi connectivity index (χ4n) is 2.54. The molecule has 0 radical (unpaired) electrons. The summed E-state index contributed by atoms with van der Waals surface area (Å²) >= 11 is 0. The Hall–Kier alpha value is -3.38. The summed E-state index contributed by atoms with van der Waals surface area (Å²) in [6, 6.07) is 10.6. The number of esters is 1. The van der Waals surface area contributed by atoms with Gasteiger partial charge in [-0.3, -0.25) is 4.79 Å². The van der Waals surface area contributed by atoms with Gasteiger partial charge in [-0.1, -0.05) is 24.3 Å². The summed E-state index contributed by atoms with van der Waals surface area (Å²) < 4.78 is 42.5. The highest BCUT2D eigenvalue weighted by Gasteiger charge is 2.31. The van der Waals surface area contributed by atoms with Gasteiger partial charge in [-0.05, 0) is 35.4 Å². The summed E-state index contributed by atoms with van der Waals surface area (Å²) in [4.78, 5) is 24.3. The van der Waals surface area contributed by atoms with Crippen LogP contribution in [-0.2, 0) is 26.9 Å². The van der Waals surface area contributed by atoms with E-state index in [0.717, 1.165) is 31.4 Å². The summed E-state index contributed by atoms with van der Waals surface area (Å²) in [5.41, 5.74) is 0.0773. The van der Waals surface area contributed by atoms with Crippen LogP contribution in [0.2, 0.25) is 0 Å². The lowest BCUT2D eigenvalue weighted by Crippen LogP contribution is -2.45. The van der Waals surface area contributed by atoms with E-state index in [1.807, 2.05) is 6.07 Å². The van der Waals surface area contributed by atoms with Gasteiger partial charge in [-0.2, -0.15) is 18.4 Å². The molecule has 0 unspecified atom stereocenters. The number of benzene rings is 2. The Bertz CT molecular complexity index is 903. The number of nitrogens with zero attached hydrogens (tertiary/aromatic N) is 1. The number of hydrogen-bond acceptors (Lipinski definition) is 5. The Balaban J connectivity index is 2.12. The second kappa shape index (κ2) is 9.21. The molecule has 0 saturated carbocycles. The van der Waals surface area contributed by atoms with Gasteiger partial charge >= 0.3 is 12.1 Å². The van der Waals surface area contributed by atoms with E-state index in [-0.39, 0.29) is 12.0 Å². The molecular weight excluding hydrogens is 389 g/mol. The standard InChI is InChI=1S/C20H17F3N2O4/c1-29-19(28)16(10-12-2-4-13(11-24)5-3-12)25-18(27)17(26)14-6-8-15(9-7-14)20(21,22)23/h2-9,16-17,26H,10H2,1H3,(H,25,27)/t16-,17-/m0/s1. The number of methoxy groups -OCH3 is 1. The number of amides is 1. The molecule has 29 heavy (non-hydrogen) atoms. The summed E-state index contributed by atoms with van der Waals surface area (Å²) in [7, 11) is 1.13. The van der Waals surface area contributed by atoms with Gasteiger partial charge in [0.25, 0.3) is 5.91 Å². The number of carbonyl (C=O) groups is 2. The first-order valence-electron chi connectivity index (χ1n) is 8.38. The van der Waals surface area contributed by atoms with E-state index in [1.165, 1.54) is 0 Å². The zero-order chi connectivity index (χ0) is 21.6. The molecule has 9 heteroatoms. The molecule has 2 atom stereocenters. The molecule has 0 aromatic heterocycles. The molecular formula is C20H17F3N2O4. The third kappa shape index (κ3) is 5.80. The molecule has 2 N–H and O–H groups in total. The van der Waals surface area contributed by atoms with Crippen LogP contribution in [0.3, 0.4) is 0 Å². The fourth-order valence-corrected chi connectivity index (χ4v) is 2.54. The minimum atomic E-state index is -4.54. The van der Waals surface area contributed by atoms with Crippen molar-refractivity contribution < 1.29 is 32.6 Å². The molecule has 0 fully saturated rings. The number of rotatable bonds is 6. The average Bonchev–Trinajstić information content (AvgIpc) is 2.72. The van der Waals surface area contributed by atoms with Gasteiger partial charge in [0.1, 0.15) is 6.04 Å². The number of nitrogens with one attached hydrogen (secondary N) is 1. The molecule has 0 saturated heterocycles. The van der Waals surface area contributed by atoms with Crippen molar-refractivity contribution in [2.45, 2.75) is 24.7 Å². The van der Waals surface area contributed by atoms with Gasteiger partial charge < -0.3 is 15.2 Å². The molecule has 2 aromatic rings. The number of carbonyl (C=O) groups excluding carboxylic acids is 2. The van der Waals surface area contributed by atoms with Gasteiger partial charge in [0.15, 0.2) is 6.10 Å².